The van der Waals surface area contributed by atoms with E-state index in [1.165, 1.54) is 28.8 Å². The number of aromatic nitrogens is 3. The van der Waals surface area contributed by atoms with Crippen molar-refractivity contribution in [3.63, 3.8) is 0 Å². The van der Waals surface area contributed by atoms with Crippen LogP contribution in [-0.2, 0) is 19.7 Å². The van der Waals surface area contributed by atoms with E-state index in [0.717, 1.165) is 0 Å². The molecule has 6 nitrogen and oxygen atoms in total. The van der Waals surface area contributed by atoms with Crippen molar-refractivity contribution in [1.82, 2.24) is 14.1 Å². The molecule has 0 bridgehead atoms. The summed E-state index contributed by atoms with van der Waals surface area (Å²) in [6.07, 6.45) is -1.74. The molecule has 0 aliphatic heterocycles. The number of fused-ring (bicyclic) bond motifs is 1. The van der Waals surface area contributed by atoms with Crippen LogP contribution in [0.5, 0.6) is 5.75 Å². The second kappa shape index (κ2) is 9.34. The van der Waals surface area contributed by atoms with E-state index in [1.807, 2.05) is 0 Å². The van der Waals surface area contributed by atoms with E-state index in [0.29, 0.717) is 43.9 Å². The molecule has 2 aromatic heterocycles. The molecule has 0 aliphatic carbocycles. The van der Waals surface area contributed by atoms with Crippen LogP contribution in [0.4, 0.5) is 13.2 Å². The minimum atomic E-state index is -4.86. The molecule has 0 amide bonds. The topological polar surface area (TPSA) is 69.3 Å². The summed E-state index contributed by atoms with van der Waals surface area (Å²) < 4.78 is 45.8. The third-order valence-electron chi connectivity index (χ3n) is 6.49. The first-order valence-corrected chi connectivity index (χ1v) is 11.8. The Morgan fingerprint density at radius 3 is 2.32 bits per heavy atom. The first kappa shape index (κ1) is 25.6. The normalized spacial score (nSPS) is 13.4. The van der Waals surface area contributed by atoms with Gasteiger partial charge in [0.1, 0.15) is 5.75 Å². The zero-order chi connectivity index (χ0) is 27.2. The van der Waals surface area contributed by atoms with E-state index in [9.17, 15) is 23.1 Å². The molecule has 5 aromatic rings. The summed E-state index contributed by atoms with van der Waals surface area (Å²) in [5, 5.41) is 13.3. The molecular weight excluding hydrogens is 519 g/mol. The molecule has 10 heteroatoms. The summed E-state index contributed by atoms with van der Waals surface area (Å²) >= 11 is 6.10. The van der Waals surface area contributed by atoms with Gasteiger partial charge in [0.2, 0.25) is 0 Å². The zero-order valence-corrected chi connectivity index (χ0v) is 21.0. The summed E-state index contributed by atoms with van der Waals surface area (Å²) in [5.41, 5.74) is 0.713. The maximum atomic E-state index is 12.9. The van der Waals surface area contributed by atoms with Crippen LogP contribution >= 0.6 is 11.6 Å². The van der Waals surface area contributed by atoms with Gasteiger partial charge in [-0.3, -0.25) is 4.79 Å². The highest BCUT2D eigenvalue weighted by Gasteiger charge is 2.37. The van der Waals surface area contributed by atoms with Crippen LogP contribution in [0.25, 0.3) is 22.0 Å². The molecule has 3 aromatic carbocycles. The highest BCUT2D eigenvalue weighted by Crippen LogP contribution is 2.40. The van der Waals surface area contributed by atoms with Crippen LogP contribution in [-0.4, -0.2) is 25.6 Å². The van der Waals surface area contributed by atoms with Gasteiger partial charge in [-0.05, 0) is 58.7 Å². The number of pyridine rings is 1. The molecule has 0 fully saturated rings. The van der Waals surface area contributed by atoms with Gasteiger partial charge in [0.25, 0.3) is 5.56 Å². The van der Waals surface area contributed by atoms with Crippen molar-refractivity contribution in [2.75, 3.05) is 0 Å². The fourth-order valence-corrected chi connectivity index (χ4v) is 4.77. The van der Waals surface area contributed by atoms with Crippen molar-refractivity contribution in [2.45, 2.75) is 12.0 Å². The van der Waals surface area contributed by atoms with Gasteiger partial charge in [-0.15, -0.1) is 13.2 Å². The van der Waals surface area contributed by atoms with Gasteiger partial charge in [0.15, 0.2) is 5.60 Å². The van der Waals surface area contributed by atoms with Gasteiger partial charge >= 0.3 is 6.36 Å². The van der Waals surface area contributed by atoms with E-state index in [-0.39, 0.29) is 5.56 Å². The number of halogens is 4. The van der Waals surface area contributed by atoms with Crippen LogP contribution in [0.3, 0.4) is 0 Å². The predicted octanol–water partition coefficient (Wildman–Crippen LogP) is 5.78. The lowest BCUT2D eigenvalue weighted by molar-refractivity contribution is -0.274. The molecular formula is C28H21ClF3N3O3. The lowest BCUT2D eigenvalue weighted by Gasteiger charge is -2.30. The molecule has 1 N–H and O–H groups in total. The molecule has 0 saturated heterocycles. The molecule has 5 rings (SSSR count). The van der Waals surface area contributed by atoms with E-state index < -0.39 is 17.7 Å². The minimum Gasteiger partial charge on any atom is -0.406 e. The van der Waals surface area contributed by atoms with Gasteiger partial charge in [0, 0.05) is 30.6 Å². The number of aliphatic hydroxyl groups is 1. The van der Waals surface area contributed by atoms with Crippen molar-refractivity contribution >= 4 is 22.5 Å². The molecule has 0 saturated carbocycles. The lowest BCUT2D eigenvalue weighted by atomic mass is 9.82. The largest absolute Gasteiger partial charge is 0.573 e. The van der Waals surface area contributed by atoms with E-state index in [2.05, 4.69) is 9.72 Å². The Morgan fingerprint density at radius 2 is 1.66 bits per heavy atom. The lowest BCUT2D eigenvalue weighted by Crippen LogP contribution is -2.31. The first-order valence-electron chi connectivity index (χ1n) is 11.4. The van der Waals surface area contributed by atoms with Gasteiger partial charge in [-0.1, -0.05) is 41.9 Å². The molecule has 38 heavy (non-hydrogen) atoms. The van der Waals surface area contributed by atoms with Crippen molar-refractivity contribution in [2.24, 2.45) is 14.1 Å². The SMILES string of the molecule is Cn1cncc1C(O)(c1ccc(Cl)cc1)c1ccc2c(c1)c(-c1cccc(OC(F)(F)F)c1)cc(=O)n2C. The number of alkyl halides is 3. The number of hydrogen-bond donors (Lipinski definition) is 1. The monoisotopic (exact) mass is 539 g/mol. The Labute approximate surface area is 220 Å². The Morgan fingerprint density at radius 1 is 0.947 bits per heavy atom. The summed E-state index contributed by atoms with van der Waals surface area (Å²) in [7, 11) is 3.36. The minimum absolute atomic E-state index is 0.345. The quantitative estimate of drug-likeness (QED) is 0.308. The maximum absolute atomic E-state index is 12.9. The summed E-state index contributed by atoms with van der Waals surface area (Å²) in [6.45, 7) is 0. The maximum Gasteiger partial charge on any atom is 0.573 e. The van der Waals surface area contributed by atoms with Crippen molar-refractivity contribution < 1.29 is 23.0 Å². The van der Waals surface area contributed by atoms with E-state index in [4.69, 9.17) is 11.6 Å². The number of benzene rings is 3. The Bertz CT molecular complexity index is 1710. The predicted molar refractivity (Wildman–Crippen MR) is 138 cm³/mol. The Balaban J connectivity index is 1.78. The van der Waals surface area contributed by atoms with Crippen LogP contribution < -0.4 is 10.3 Å². The third-order valence-corrected chi connectivity index (χ3v) is 6.74. The molecule has 1 atom stereocenters. The van der Waals surface area contributed by atoms with Crippen LogP contribution in [0.2, 0.25) is 5.02 Å². The molecule has 2 heterocycles. The highest BCUT2D eigenvalue weighted by molar-refractivity contribution is 6.30. The average molecular weight is 540 g/mol. The van der Waals surface area contributed by atoms with Gasteiger partial charge in [-0.2, -0.15) is 0 Å². The molecule has 194 valence electrons. The summed E-state index contributed by atoms with van der Waals surface area (Å²) in [5.74, 6) is -0.410. The fourth-order valence-electron chi connectivity index (χ4n) is 4.65. The molecule has 0 aliphatic rings. The second-order valence-electron chi connectivity index (χ2n) is 8.87. The van der Waals surface area contributed by atoms with Crippen molar-refractivity contribution in [3.8, 4) is 16.9 Å². The van der Waals surface area contributed by atoms with E-state index >= 15 is 0 Å². The number of rotatable bonds is 5. The van der Waals surface area contributed by atoms with Gasteiger partial charge < -0.3 is 19.0 Å². The standard InChI is InChI=1S/C28H21ClF3N3O3/c1-34-16-33-15-25(34)27(37,18-6-9-20(29)10-7-18)19-8-11-24-23(13-19)22(14-26(36)35(24)2)17-4-3-5-21(12-17)38-28(30,31)32/h3-16,37H,1-2H3. The number of imidazole rings is 1. The Hall–Kier alpha value is -4.08. The summed E-state index contributed by atoms with van der Waals surface area (Å²) in [6, 6.07) is 18.7. The van der Waals surface area contributed by atoms with Gasteiger partial charge in [0.05, 0.1) is 23.7 Å². The van der Waals surface area contributed by atoms with Crippen molar-refractivity contribution in [1.29, 1.82) is 0 Å². The van der Waals surface area contributed by atoms with Gasteiger partial charge in [-0.25, -0.2) is 4.98 Å². The average Bonchev–Trinajstić information content (AvgIpc) is 3.31. The first-order chi connectivity index (χ1) is 18.0. The van der Waals surface area contributed by atoms with Crippen LogP contribution in [0, 0.1) is 0 Å². The zero-order valence-electron chi connectivity index (χ0n) is 20.2. The van der Waals surface area contributed by atoms with Crippen LogP contribution in [0.15, 0.2) is 90.1 Å². The van der Waals surface area contributed by atoms with Crippen LogP contribution in [0.1, 0.15) is 16.8 Å². The fraction of sp³-hybridized carbons (Fsp3) is 0.143. The molecule has 0 radical (unpaired) electrons. The third kappa shape index (κ3) is 4.55. The molecule has 1 unspecified atom stereocenters. The second-order valence-corrected chi connectivity index (χ2v) is 9.31. The highest BCUT2D eigenvalue weighted by atomic mass is 35.5. The number of aryl methyl sites for hydroxylation is 2. The van der Waals surface area contributed by atoms with Crippen molar-refractivity contribution in [3.05, 3.63) is 118 Å². The number of nitrogens with zero attached hydrogens (tertiary/aromatic N) is 3. The smallest absolute Gasteiger partial charge is 0.406 e. The Kier molecular flexibility index (Phi) is 6.28. The summed E-state index contributed by atoms with van der Waals surface area (Å²) in [4.78, 5) is 17.0. The molecule has 0 spiro atoms. The van der Waals surface area contributed by atoms with E-state index in [1.54, 1.807) is 79.7 Å². The number of ether oxygens (including phenoxy) is 1. The number of hydrogen-bond acceptors (Lipinski definition) is 4.